The van der Waals surface area contributed by atoms with Crippen molar-refractivity contribution in [3.8, 4) is 5.88 Å². The van der Waals surface area contributed by atoms with Gasteiger partial charge in [0.2, 0.25) is 5.88 Å². The molecule has 1 unspecified atom stereocenters. The third kappa shape index (κ3) is 2.71. The SMILES string of the molecule is COc1ccc2nc(C(C)Cl)n(CCn3cccn3)c2n1. The summed E-state index contributed by atoms with van der Waals surface area (Å²) in [4.78, 5) is 9.06. The molecule has 0 radical (unpaired) electrons. The molecule has 0 aliphatic carbocycles. The largest absolute Gasteiger partial charge is 0.481 e. The number of fused-ring (bicyclic) bond motifs is 1. The van der Waals surface area contributed by atoms with Gasteiger partial charge in [-0.1, -0.05) is 0 Å². The van der Waals surface area contributed by atoms with E-state index in [1.165, 1.54) is 0 Å². The van der Waals surface area contributed by atoms with Crippen LogP contribution in [0.25, 0.3) is 11.2 Å². The van der Waals surface area contributed by atoms with Gasteiger partial charge in [0.15, 0.2) is 5.65 Å². The van der Waals surface area contributed by atoms with E-state index >= 15 is 0 Å². The molecule has 0 N–H and O–H groups in total. The highest BCUT2D eigenvalue weighted by Gasteiger charge is 2.16. The van der Waals surface area contributed by atoms with Crippen molar-refractivity contribution in [1.82, 2.24) is 24.3 Å². The lowest BCUT2D eigenvalue weighted by molar-refractivity contribution is 0.398. The molecule has 7 heteroatoms. The molecule has 110 valence electrons. The first-order valence-electron chi connectivity index (χ1n) is 6.71. The maximum Gasteiger partial charge on any atom is 0.215 e. The third-order valence-corrected chi connectivity index (χ3v) is 3.47. The fourth-order valence-corrected chi connectivity index (χ4v) is 2.44. The molecule has 1 atom stereocenters. The number of hydrogen-bond donors (Lipinski definition) is 0. The summed E-state index contributed by atoms with van der Waals surface area (Å²) in [6.45, 7) is 3.34. The topological polar surface area (TPSA) is 57.8 Å². The highest BCUT2D eigenvalue weighted by molar-refractivity contribution is 6.20. The first-order valence-corrected chi connectivity index (χ1v) is 7.15. The number of methoxy groups -OCH3 is 1. The Bertz CT molecular complexity index is 735. The highest BCUT2D eigenvalue weighted by atomic mass is 35.5. The van der Waals surface area contributed by atoms with Crippen LogP contribution < -0.4 is 4.74 Å². The Morgan fingerprint density at radius 3 is 2.81 bits per heavy atom. The van der Waals surface area contributed by atoms with Crippen LogP contribution in [-0.2, 0) is 13.1 Å². The predicted molar refractivity (Wildman–Crippen MR) is 80.6 cm³/mol. The van der Waals surface area contributed by atoms with Crippen molar-refractivity contribution in [2.75, 3.05) is 7.11 Å². The molecule has 0 saturated heterocycles. The third-order valence-electron chi connectivity index (χ3n) is 3.27. The van der Waals surface area contributed by atoms with E-state index in [0.717, 1.165) is 23.5 Å². The Morgan fingerprint density at radius 2 is 2.14 bits per heavy atom. The van der Waals surface area contributed by atoms with E-state index in [4.69, 9.17) is 16.3 Å². The van der Waals surface area contributed by atoms with Gasteiger partial charge >= 0.3 is 0 Å². The molecular weight excluding hydrogens is 290 g/mol. The number of aromatic nitrogens is 5. The molecule has 0 bridgehead atoms. The smallest absolute Gasteiger partial charge is 0.215 e. The first-order chi connectivity index (χ1) is 10.2. The van der Waals surface area contributed by atoms with Crippen LogP contribution in [0.2, 0.25) is 0 Å². The second-order valence-corrected chi connectivity index (χ2v) is 5.36. The first kappa shape index (κ1) is 13.9. The molecule has 0 aliphatic rings. The number of ether oxygens (including phenoxy) is 1. The lowest BCUT2D eigenvalue weighted by atomic mass is 10.4. The van der Waals surface area contributed by atoms with E-state index in [9.17, 15) is 0 Å². The van der Waals surface area contributed by atoms with Gasteiger partial charge in [0.1, 0.15) is 11.3 Å². The highest BCUT2D eigenvalue weighted by Crippen LogP contribution is 2.25. The van der Waals surface area contributed by atoms with Gasteiger partial charge in [0, 0.05) is 25.0 Å². The van der Waals surface area contributed by atoms with E-state index in [1.807, 2.05) is 34.5 Å². The van der Waals surface area contributed by atoms with E-state index in [2.05, 4.69) is 15.1 Å². The van der Waals surface area contributed by atoms with Crippen molar-refractivity contribution < 1.29 is 4.74 Å². The molecule has 3 heterocycles. The minimum Gasteiger partial charge on any atom is -0.481 e. The van der Waals surface area contributed by atoms with Gasteiger partial charge in [0.05, 0.1) is 19.0 Å². The normalized spacial score (nSPS) is 12.7. The number of hydrogen-bond acceptors (Lipinski definition) is 4. The molecule has 0 spiro atoms. The Labute approximate surface area is 127 Å². The summed E-state index contributed by atoms with van der Waals surface area (Å²) in [5.74, 6) is 1.37. The second kappa shape index (κ2) is 5.73. The van der Waals surface area contributed by atoms with Crippen molar-refractivity contribution >= 4 is 22.8 Å². The minimum absolute atomic E-state index is 0.192. The van der Waals surface area contributed by atoms with Gasteiger partial charge in [-0.05, 0) is 19.1 Å². The van der Waals surface area contributed by atoms with Crippen LogP contribution in [0.3, 0.4) is 0 Å². The molecular formula is C14H16ClN5O. The summed E-state index contributed by atoms with van der Waals surface area (Å²) in [7, 11) is 1.60. The summed E-state index contributed by atoms with van der Waals surface area (Å²) in [6.07, 6.45) is 3.69. The fourth-order valence-electron chi connectivity index (χ4n) is 2.27. The van der Waals surface area contributed by atoms with Gasteiger partial charge in [0.25, 0.3) is 0 Å². The summed E-state index contributed by atoms with van der Waals surface area (Å²) in [5.41, 5.74) is 1.60. The maximum atomic E-state index is 6.25. The number of pyridine rings is 1. The predicted octanol–water partition coefficient (Wildman–Crippen LogP) is 2.64. The van der Waals surface area contributed by atoms with E-state index in [0.29, 0.717) is 12.4 Å². The standard InChI is InChI=1S/C14H16ClN5O/c1-10(15)13-17-11-4-5-12(21-2)18-14(11)20(13)9-8-19-7-3-6-16-19/h3-7,10H,8-9H2,1-2H3. The second-order valence-electron chi connectivity index (χ2n) is 4.70. The van der Waals surface area contributed by atoms with Gasteiger partial charge in [-0.2, -0.15) is 10.1 Å². The molecule has 0 aliphatic heterocycles. The zero-order valence-corrected chi connectivity index (χ0v) is 12.7. The minimum atomic E-state index is -0.192. The Morgan fingerprint density at radius 1 is 1.29 bits per heavy atom. The van der Waals surface area contributed by atoms with Gasteiger partial charge < -0.3 is 9.30 Å². The Balaban J connectivity index is 2.01. The molecule has 0 amide bonds. The van der Waals surface area contributed by atoms with E-state index < -0.39 is 0 Å². The average Bonchev–Trinajstić information content (AvgIpc) is 3.11. The van der Waals surface area contributed by atoms with Crippen LogP contribution >= 0.6 is 11.6 Å². The van der Waals surface area contributed by atoms with Crippen LogP contribution in [0, 0.1) is 0 Å². The number of rotatable bonds is 5. The van der Waals surface area contributed by atoms with Crippen LogP contribution in [0.15, 0.2) is 30.6 Å². The Kier molecular flexibility index (Phi) is 3.79. The molecule has 0 fully saturated rings. The van der Waals surface area contributed by atoms with Crippen molar-refractivity contribution in [2.24, 2.45) is 0 Å². The van der Waals surface area contributed by atoms with Gasteiger partial charge in [-0.15, -0.1) is 11.6 Å². The molecule has 0 aromatic carbocycles. The number of nitrogens with zero attached hydrogens (tertiary/aromatic N) is 5. The maximum absolute atomic E-state index is 6.25. The average molecular weight is 306 g/mol. The van der Waals surface area contributed by atoms with Gasteiger partial charge in [-0.25, -0.2) is 4.98 Å². The fraction of sp³-hybridized carbons (Fsp3) is 0.357. The number of halogens is 1. The quantitative estimate of drug-likeness (QED) is 0.680. The summed E-state index contributed by atoms with van der Waals surface area (Å²) >= 11 is 6.25. The summed E-state index contributed by atoms with van der Waals surface area (Å²) in [6, 6.07) is 5.60. The van der Waals surface area contributed by atoms with Crippen molar-refractivity contribution in [3.05, 3.63) is 36.4 Å². The van der Waals surface area contributed by atoms with Crippen molar-refractivity contribution in [3.63, 3.8) is 0 Å². The molecule has 3 aromatic heterocycles. The van der Waals surface area contributed by atoms with E-state index in [-0.39, 0.29) is 5.38 Å². The molecule has 0 saturated carbocycles. The molecule has 21 heavy (non-hydrogen) atoms. The van der Waals surface area contributed by atoms with Crippen molar-refractivity contribution in [2.45, 2.75) is 25.4 Å². The zero-order chi connectivity index (χ0) is 14.8. The Hall–Kier alpha value is -2.08. The van der Waals surface area contributed by atoms with E-state index in [1.54, 1.807) is 19.4 Å². The van der Waals surface area contributed by atoms with Crippen LogP contribution in [0.4, 0.5) is 0 Å². The summed E-state index contributed by atoms with van der Waals surface area (Å²) in [5, 5.41) is 4.02. The zero-order valence-electron chi connectivity index (χ0n) is 11.9. The lowest BCUT2D eigenvalue weighted by Gasteiger charge is -2.10. The van der Waals surface area contributed by atoms with Crippen LogP contribution in [0.1, 0.15) is 18.1 Å². The lowest BCUT2D eigenvalue weighted by Crippen LogP contribution is -2.11. The summed E-state index contributed by atoms with van der Waals surface area (Å²) < 4.78 is 9.09. The molecule has 3 rings (SSSR count). The van der Waals surface area contributed by atoms with Crippen molar-refractivity contribution in [1.29, 1.82) is 0 Å². The number of imidazole rings is 1. The van der Waals surface area contributed by atoms with Gasteiger partial charge in [-0.3, -0.25) is 4.68 Å². The molecule has 6 nitrogen and oxygen atoms in total. The number of aryl methyl sites for hydroxylation is 2. The van der Waals surface area contributed by atoms with Crippen LogP contribution in [-0.4, -0.2) is 31.4 Å². The monoisotopic (exact) mass is 305 g/mol. The number of alkyl halides is 1. The molecule has 3 aromatic rings. The van der Waals surface area contributed by atoms with Crippen LogP contribution in [0.5, 0.6) is 5.88 Å².